The average molecular weight is 392 g/mol. The maximum Gasteiger partial charge on any atom is 0.290 e. The number of hydrogen-bond donors (Lipinski definition) is 2. The van der Waals surface area contributed by atoms with Crippen LogP contribution in [-0.2, 0) is 14.3 Å². The maximum absolute atomic E-state index is 11.4. The second-order valence-corrected chi connectivity index (χ2v) is 7.45. The lowest BCUT2D eigenvalue weighted by atomic mass is 9.77. The summed E-state index contributed by atoms with van der Waals surface area (Å²) in [5.41, 5.74) is 0. The van der Waals surface area contributed by atoms with E-state index in [1.54, 1.807) is 14.0 Å². The van der Waals surface area contributed by atoms with E-state index in [0.29, 0.717) is 11.8 Å². The fourth-order valence-corrected chi connectivity index (χ4v) is 4.36. The number of para-hydroxylation sites is 1. The molecule has 7 nitrogen and oxygen atoms in total. The third-order valence-electron chi connectivity index (χ3n) is 5.51. The van der Waals surface area contributed by atoms with Crippen LogP contribution < -0.4 is 10.1 Å². The number of carboxylic acid groups (broad SMARTS) is 1. The maximum atomic E-state index is 11.4. The monoisotopic (exact) mass is 392 g/mol. The molecule has 1 saturated carbocycles. The Balaban J connectivity index is 0.000000878. The van der Waals surface area contributed by atoms with Crippen molar-refractivity contribution >= 4 is 12.4 Å². The van der Waals surface area contributed by atoms with Gasteiger partial charge in [-0.15, -0.1) is 0 Å². The summed E-state index contributed by atoms with van der Waals surface area (Å²) in [5, 5.41) is 9.97. The minimum atomic E-state index is -0.250. The number of likely N-dealkylation sites (tertiary alicyclic amines) is 1. The standard InChI is InChI=1S/C20H30N2O3.CH2O2/c1-15(23)21-19-11-16-13-22(14-17(16)12-20(19)24-2)9-6-10-25-18-7-4-3-5-8-18;2-1-3/h3-5,7-8,16-17,19-20H,6,9-14H2,1-2H3,(H,21,23);1H,(H,2,3)/t16-,17+,19-,20-;/m1./s1. The average Bonchev–Trinajstić information content (AvgIpc) is 3.07. The molecule has 0 bridgehead atoms. The Hall–Kier alpha value is -2.12. The molecule has 2 fully saturated rings. The highest BCUT2D eigenvalue weighted by atomic mass is 16.5. The molecule has 1 aromatic carbocycles. The highest BCUT2D eigenvalue weighted by Crippen LogP contribution is 2.37. The fraction of sp³-hybridized carbons (Fsp3) is 0.619. The van der Waals surface area contributed by atoms with E-state index in [-0.39, 0.29) is 24.5 Å². The summed E-state index contributed by atoms with van der Waals surface area (Å²) >= 11 is 0. The van der Waals surface area contributed by atoms with Crippen LogP contribution in [0.4, 0.5) is 0 Å². The van der Waals surface area contributed by atoms with Crippen LogP contribution in [0.5, 0.6) is 5.75 Å². The highest BCUT2D eigenvalue weighted by Gasteiger charge is 2.42. The lowest BCUT2D eigenvalue weighted by Crippen LogP contribution is -2.49. The van der Waals surface area contributed by atoms with Gasteiger partial charge in [0.2, 0.25) is 5.91 Å². The van der Waals surface area contributed by atoms with E-state index in [0.717, 1.165) is 51.3 Å². The van der Waals surface area contributed by atoms with E-state index in [4.69, 9.17) is 19.4 Å². The van der Waals surface area contributed by atoms with Gasteiger partial charge in [-0.05, 0) is 43.2 Å². The molecule has 28 heavy (non-hydrogen) atoms. The SMILES string of the molecule is CO[C@@H]1C[C@H]2CN(CCCOc3ccccc3)C[C@H]2C[C@H]1NC(C)=O.O=CO. The van der Waals surface area contributed by atoms with Crippen LogP contribution in [0.3, 0.4) is 0 Å². The Morgan fingerprint density at radius 3 is 2.50 bits per heavy atom. The molecule has 0 radical (unpaired) electrons. The van der Waals surface area contributed by atoms with Crippen LogP contribution in [0.25, 0.3) is 0 Å². The number of carbonyl (C=O) groups is 2. The number of hydrogen-bond acceptors (Lipinski definition) is 5. The second kappa shape index (κ2) is 11.7. The third-order valence-corrected chi connectivity index (χ3v) is 5.51. The molecule has 1 heterocycles. The van der Waals surface area contributed by atoms with Gasteiger partial charge in [-0.3, -0.25) is 9.59 Å². The first-order valence-electron chi connectivity index (χ1n) is 9.85. The Morgan fingerprint density at radius 1 is 1.25 bits per heavy atom. The summed E-state index contributed by atoms with van der Waals surface area (Å²) in [6.07, 6.45) is 3.26. The van der Waals surface area contributed by atoms with Crippen molar-refractivity contribution in [3.8, 4) is 5.75 Å². The minimum Gasteiger partial charge on any atom is -0.494 e. The van der Waals surface area contributed by atoms with Crippen molar-refractivity contribution < 1.29 is 24.2 Å². The largest absolute Gasteiger partial charge is 0.494 e. The molecule has 1 saturated heterocycles. The number of nitrogens with one attached hydrogen (secondary N) is 1. The molecule has 1 aliphatic heterocycles. The first-order chi connectivity index (χ1) is 13.6. The number of ether oxygens (including phenoxy) is 2. The third kappa shape index (κ3) is 6.80. The molecule has 1 aliphatic carbocycles. The van der Waals surface area contributed by atoms with Crippen LogP contribution in [0.15, 0.2) is 30.3 Å². The number of amides is 1. The van der Waals surface area contributed by atoms with Crippen molar-refractivity contribution in [1.82, 2.24) is 10.2 Å². The van der Waals surface area contributed by atoms with Gasteiger partial charge in [0, 0.05) is 33.7 Å². The molecular weight excluding hydrogens is 360 g/mol. The van der Waals surface area contributed by atoms with E-state index in [1.807, 2.05) is 30.3 Å². The smallest absolute Gasteiger partial charge is 0.290 e. The zero-order valence-electron chi connectivity index (χ0n) is 16.8. The zero-order valence-corrected chi connectivity index (χ0v) is 16.8. The van der Waals surface area contributed by atoms with E-state index in [9.17, 15) is 4.79 Å². The van der Waals surface area contributed by atoms with Crippen LogP contribution in [0.1, 0.15) is 26.2 Å². The lowest BCUT2D eigenvalue weighted by molar-refractivity contribution is -0.123. The van der Waals surface area contributed by atoms with Gasteiger partial charge >= 0.3 is 0 Å². The molecular formula is C21H32N2O5. The minimum absolute atomic E-state index is 0.0402. The summed E-state index contributed by atoms with van der Waals surface area (Å²) in [5.74, 6) is 2.33. The van der Waals surface area contributed by atoms with Crippen LogP contribution in [-0.4, -0.2) is 67.9 Å². The summed E-state index contributed by atoms with van der Waals surface area (Å²) in [6.45, 7) is 5.44. The Kier molecular flexibility index (Phi) is 9.23. The number of carbonyl (C=O) groups excluding carboxylic acids is 1. The predicted molar refractivity (Wildman–Crippen MR) is 106 cm³/mol. The first kappa shape index (κ1) is 22.2. The number of nitrogens with zero attached hydrogens (tertiary/aromatic N) is 1. The molecule has 1 amide bonds. The number of methoxy groups -OCH3 is 1. The van der Waals surface area contributed by atoms with Crippen LogP contribution in [0, 0.1) is 11.8 Å². The van der Waals surface area contributed by atoms with Crippen LogP contribution >= 0.6 is 0 Å². The van der Waals surface area contributed by atoms with E-state index < -0.39 is 0 Å². The summed E-state index contributed by atoms with van der Waals surface area (Å²) in [4.78, 5) is 22.3. The van der Waals surface area contributed by atoms with E-state index in [2.05, 4.69) is 10.2 Å². The van der Waals surface area contributed by atoms with Gasteiger partial charge in [0.15, 0.2) is 0 Å². The van der Waals surface area contributed by atoms with Crippen molar-refractivity contribution in [3.63, 3.8) is 0 Å². The molecule has 3 rings (SSSR count). The quantitative estimate of drug-likeness (QED) is 0.545. The van der Waals surface area contributed by atoms with Gasteiger partial charge in [-0.2, -0.15) is 0 Å². The zero-order chi connectivity index (χ0) is 20.4. The van der Waals surface area contributed by atoms with Gasteiger partial charge in [0.25, 0.3) is 6.47 Å². The number of fused-ring (bicyclic) bond motifs is 1. The lowest BCUT2D eigenvalue weighted by Gasteiger charge is -2.37. The molecule has 2 N–H and O–H groups in total. The molecule has 7 heteroatoms. The van der Waals surface area contributed by atoms with Crippen molar-refractivity contribution in [3.05, 3.63) is 30.3 Å². The summed E-state index contributed by atoms with van der Waals surface area (Å²) in [6, 6.07) is 10.1. The van der Waals surface area contributed by atoms with E-state index in [1.165, 1.54) is 0 Å². The molecule has 0 unspecified atom stereocenters. The van der Waals surface area contributed by atoms with Gasteiger partial charge < -0.3 is 24.8 Å². The predicted octanol–water partition coefficient (Wildman–Crippen LogP) is 2.02. The Bertz CT molecular complexity index is 598. The van der Waals surface area contributed by atoms with Crippen molar-refractivity contribution in [2.45, 2.75) is 38.3 Å². The second-order valence-electron chi connectivity index (χ2n) is 7.45. The molecule has 156 valence electrons. The molecule has 2 aliphatic rings. The summed E-state index contributed by atoms with van der Waals surface area (Å²) in [7, 11) is 1.76. The highest BCUT2D eigenvalue weighted by molar-refractivity contribution is 5.73. The number of benzene rings is 1. The topological polar surface area (TPSA) is 88.1 Å². The summed E-state index contributed by atoms with van der Waals surface area (Å²) < 4.78 is 11.4. The van der Waals surface area contributed by atoms with E-state index >= 15 is 0 Å². The van der Waals surface area contributed by atoms with Crippen molar-refractivity contribution in [1.29, 1.82) is 0 Å². The molecule has 0 spiro atoms. The molecule has 4 atom stereocenters. The van der Waals surface area contributed by atoms with Crippen LogP contribution in [0.2, 0.25) is 0 Å². The molecule has 1 aromatic rings. The molecule has 0 aromatic heterocycles. The van der Waals surface area contributed by atoms with Gasteiger partial charge in [-0.25, -0.2) is 0 Å². The normalized spacial score (nSPS) is 26.5. The van der Waals surface area contributed by atoms with Crippen molar-refractivity contribution in [2.75, 3.05) is 33.4 Å². The Labute approximate surface area is 167 Å². The first-order valence-corrected chi connectivity index (χ1v) is 9.85. The van der Waals surface area contributed by atoms with Gasteiger partial charge in [0.05, 0.1) is 18.8 Å². The van der Waals surface area contributed by atoms with Gasteiger partial charge in [0.1, 0.15) is 5.75 Å². The van der Waals surface area contributed by atoms with Gasteiger partial charge in [-0.1, -0.05) is 18.2 Å². The Morgan fingerprint density at radius 2 is 1.89 bits per heavy atom. The number of rotatable bonds is 7. The van der Waals surface area contributed by atoms with Crippen molar-refractivity contribution in [2.24, 2.45) is 11.8 Å². The fourth-order valence-electron chi connectivity index (χ4n) is 4.36.